The van der Waals surface area contributed by atoms with Gasteiger partial charge in [0, 0.05) is 6.54 Å². The largest absolute Gasteiger partial charge is 0.479 e. The third-order valence-corrected chi connectivity index (χ3v) is 3.58. The molecule has 0 aromatic rings. The number of carboxylic acid groups (broad SMARTS) is 1. The molecule has 0 bridgehead atoms. The fraction of sp³-hybridized carbons (Fsp3) is 0.750. The van der Waals surface area contributed by atoms with E-state index in [9.17, 15) is 14.4 Å². The molecule has 3 unspecified atom stereocenters. The van der Waals surface area contributed by atoms with Crippen LogP contribution < -0.4 is 0 Å². The minimum atomic E-state index is -1.05. The number of methoxy groups -OCH3 is 1. The Hall–Kier alpha value is -1.63. The Bertz CT molecular complexity index is 396. The first kappa shape index (κ1) is 13.8. The molecular formula is C12H17NO6. The second-order valence-electron chi connectivity index (χ2n) is 4.74. The summed E-state index contributed by atoms with van der Waals surface area (Å²) in [5, 5.41) is 8.83. The van der Waals surface area contributed by atoms with Gasteiger partial charge in [-0.05, 0) is 25.7 Å². The van der Waals surface area contributed by atoms with E-state index in [0.717, 1.165) is 6.42 Å². The van der Waals surface area contributed by atoms with Gasteiger partial charge in [0.2, 0.25) is 0 Å². The minimum Gasteiger partial charge on any atom is -0.479 e. The number of aliphatic carboxylic acids is 1. The van der Waals surface area contributed by atoms with Crippen LogP contribution in [0.3, 0.4) is 0 Å². The third-order valence-electron chi connectivity index (χ3n) is 3.58. The number of hydrogen-bond donors (Lipinski definition) is 1. The molecule has 1 N–H and O–H groups in total. The number of rotatable bonds is 3. The van der Waals surface area contributed by atoms with Crippen LogP contribution in [-0.4, -0.2) is 59.8 Å². The zero-order valence-corrected chi connectivity index (χ0v) is 10.7. The van der Waals surface area contributed by atoms with E-state index in [2.05, 4.69) is 4.74 Å². The molecule has 2 aliphatic rings. The summed E-state index contributed by atoms with van der Waals surface area (Å²) in [7, 11) is 1.29. The van der Waals surface area contributed by atoms with Crippen molar-refractivity contribution in [2.45, 2.75) is 43.9 Å². The number of carbonyl (C=O) groups excluding carboxylic acids is 2. The number of amides is 1. The maximum Gasteiger partial charge on any atom is 0.332 e. The number of ether oxygens (including phenoxy) is 2. The van der Waals surface area contributed by atoms with Crippen molar-refractivity contribution in [3.05, 3.63) is 0 Å². The van der Waals surface area contributed by atoms with E-state index in [1.165, 1.54) is 12.0 Å². The summed E-state index contributed by atoms with van der Waals surface area (Å²) in [6, 6.07) is -0.565. The van der Waals surface area contributed by atoms with Gasteiger partial charge in [0.1, 0.15) is 12.1 Å². The molecule has 0 radical (unpaired) electrons. The first-order valence-corrected chi connectivity index (χ1v) is 6.31. The van der Waals surface area contributed by atoms with Crippen LogP contribution in [0.5, 0.6) is 0 Å². The lowest BCUT2D eigenvalue weighted by molar-refractivity contribution is -0.159. The summed E-state index contributed by atoms with van der Waals surface area (Å²) in [4.78, 5) is 36.0. The van der Waals surface area contributed by atoms with Crippen molar-refractivity contribution in [3.63, 3.8) is 0 Å². The van der Waals surface area contributed by atoms with Crippen LogP contribution in [0, 0.1) is 0 Å². The zero-order valence-electron chi connectivity index (χ0n) is 10.7. The Labute approximate surface area is 110 Å². The van der Waals surface area contributed by atoms with Crippen LogP contribution in [0.1, 0.15) is 25.7 Å². The van der Waals surface area contributed by atoms with E-state index in [-0.39, 0.29) is 5.91 Å². The predicted octanol–water partition coefficient (Wildman–Crippen LogP) is -0.217. The fourth-order valence-corrected chi connectivity index (χ4v) is 2.60. The highest BCUT2D eigenvalue weighted by molar-refractivity contribution is 5.88. The minimum absolute atomic E-state index is 0.309. The molecule has 7 nitrogen and oxygen atoms in total. The van der Waals surface area contributed by atoms with E-state index in [1.54, 1.807) is 0 Å². The number of esters is 1. The van der Waals surface area contributed by atoms with Gasteiger partial charge in [0.25, 0.3) is 5.91 Å². The summed E-state index contributed by atoms with van der Waals surface area (Å²) in [6.07, 6.45) is 0.330. The second kappa shape index (κ2) is 5.56. The molecule has 0 aromatic heterocycles. The fourth-order valence-electron chi connectivity index (χ4n) is 2.60. The molecule has 2 heterocycles. The monoisotopic (exact) mass is 271 g/mol. The lowest BCUT2D eigenvalue weighted by Crippen LogP contribution is -2.46. The summed E-state index contributed by atoms with van der Waals surface area (Å²) in [6.45, 7) is 0.482. The van der Waals surface area contributed by atoms with Gasteiger partial charge in [-0.2, -0.15) is 0 Å². The van der Waals surface area contributed by atoms with Crippen LogP contribution >= 0.6 is 0 Å². The Morgan fingerprint density at radius 2 is 1.89 bits per heavy atom. The molecule has 19 heavy (non-hydrogen) atoms. The van der Waals surface area contributed by atoms with E-state index >= 15 is 0 Å². The summed E-state index contributed by atoms with van der Waals surface area (Å²) < 4.78 is 9.88. The molecule has 1 amide bonds. The van der Waals surface area contributed by atoms with E-state index < -0.39 is 30.2 Å². The quantitative estimate of drug-likeness (QED) is 0.713. The average molecular weight is 271 g/mol. The van der Waals surface area contributed by atoms with E-state index in [1.807, 2.05) is 0 Å². The topological polar surface area (TPSA) is 93.1 Å². The molecule has 0 aromatic carbocycles. The standard InChI is InChI=1S/C12H17NO6/c1-18-12(17)7-3-2-6-13(7)10(14)8-4-5-9(19-8)11(15)16/h7-9H,2-6H2,1H3,(H,15,16). The number of likely N-dealkylation sites (tertiary alicyclic amines) is 1. The molecule has 7 heteroatoms. The Balaban J connectivity index is 2.00. The number of nitrogens with zero attached hydrogens (tertiary/aromatic N) is 1. The first-order valence-electron chi connectivity index (χ1n) is 6.31. The smallest absolute Gasteiger partial charge is 0.332 e. The van der Waals surface area contributed by atoms with Gasteiger partial charge in [-0.3, -0.25) is 4.79 Å². The highest BCUT2D eigenvalue weighted by atomic mass is 16.5. The number of carboxylic acids is 1. The Morgan fingerprint density at radius 1 is 1.21 bits per heavy atom. The molecule has 2 aliphatic heterocycles. The predicted molar refractivity (Wildman–Crippen MR) is 62.3 cm³/mol. The summed E-state index contributed by atoms with van der Waals surface area (Å²) >= 11 is 0. The van der Waals surface area contributed by atoms with Crippen molar-refractivity contribution in [3.8, 4) is 0 Å². The maximum absolute atomic E-state index is 12.2. The van der Waals surface area contributed by atoms with Gasteiger partial charge >= 0.3 is 11.9 Å². The maximum atomic E-state index is 12.2. The molecule has 0 saturated carbocycles. The van der Waals surface area contributed by atoms with Crippen LogP contribution in [0.2, 0.25) is 0 Å². The van der Waals surface area contributed by atoms with Crippen LogP contribution in [-0.2, 0) is 23.9 Å². The van der Waals surface area contributed by atoms with Crippen LogP contribution in [0.25, 0.3) is 0 Å². The van der Waals surface area contributed by atoms with Crippen LogP contribution in [0.4, 0.5) is 0 Å². The summed E-state index contributed by atoms with van der Waals surface area (Å²) in [5.41, 5.74) is 0. The molecule has 0 aliphatic carbocycles. The van der Waals surface area contributed by atoms with Crippen molar-refractivity contribution < 1.29 is 29.0 Å². The average Bonchev–Trinajstić information content (AvgIpc) is 3.05. The van der Waals surface area contributed by atoms with Crippen molar-refractivity contribution in [2.24, 2.45) is 0 Å². The lowest BCUT2D eigenvalue weighted by Gasteiger charge is -2.25. The molecule has 2 rings (SSSR count). The SMILES string of the molecule is COC(=O)C1CCCN1C(=O)C1CCC(C(=O)O)O1. The van der Waals surface area contributed by atoms with Crippen molar-refractivity contribution in [1.29, 1.82) is 0 Å². The van der Waals surface area contributed by atoms with Crippen molar-refractivity contribution in [2.75, 3.05) is 13.7 Å². The normalized spacial score (nSPS) is 30.4. The second-order valence-corrected chi connectivity index (χ2v) is 4.74. The van der Waals surface area contributed by atoms with Gasteiger partial charge in [-0.15, -0.1) is 0 Å². The molecule has 106 valence electrons. The number of hydrogen-bond acceptors (Lipinski definition) is 5. The zero-order chi connectivity index (χ0) is 14.0. The van der Waals surface area contributed by atoms with E-state index in [0.29, 0.717) is 25.8 Å². The lowest BCUT2D eigenvalue weighted by atomic mass is 10.1. The van der Waals surface area contributed by atoms with Crippen molar-refractivity contribution >= 4 is 17.8 Å². The van der Waals surface area contributed by atoms with Gasteiger partial charge in [-0.1, -0.05) is 0 Å². The van der Waals surface area contributed by atoms with Crippen molar-refractivity contribution in [1.82, 2.24) is 4.90 Å². The Kier molecular flexibility index (Phi) is 4.04. The van der Waals surface area contributed by atoms with Gasteiger partial charge < -0.3 is 19.5 Å². The summed E-state index contributed by atoms with van der Waals surface area (Å²) in [5.74, 6) is -1.79. The Morgan fingerprint density at radius 3 is 2.47 bits per heavy atom. The van der Waals surface area contributed by atoms with Gasteiger partial charge in [0.15, 0.2) is 6.10 Å². The molecule has 2 saturated heterocycles. The molecular weight excluding hydrogens is 254 g/mol. The number of carbonyl (C=O) groups is 3. The van der Waals surface area contributed by atoms with E-state index in [4.69, 9.17) is 9.84 Å². The van der Waals surface area contributed by atoms with Gasteiger partial charge in [0.05, 0.1) is 7.11 Å². The molecule has 3 atom stereocenters. The van der Waals surface area contributed by atoms with Gasteiger partial charge in [-0.25, -0.2) is 9.59 Å². The first-order chi connectivity index (χ1) is 9.04. The van der Waals surface area contributed by atoms with Crippen LogP contribution in [0.15, 0.2) is 0 Å². The third kappa shape index (κ3) is 2.70. The highest BCUT2D eigenvalue weighted by Gasteiger charge is 2.42. The highest BCUT2D eigenvalue weighted by Crippen LogP contribution is 2.26. The molecule has 0 spiro atoms. The molecule has 2 fully saturated rings.